The Kier molecular flexibility index (Phi) is 5.72. The molecule has 2 saturated heterocycles. The number of ether oxygens (including phenoxy) is 1. The first-order valence-electron chi connectivity index (χ1n) is 10.5. The molecule has 3 aliphatic rings. The summed E-state index contributed by atoms with van der Waals surface area (Å²) in [6, 6.07) is 0. The molecule has 1 spiro atoms. The van der Waals surface area contributed by atoms with Gasteiger partial charge in [0.1, 0.15) is 0 Å². The Hall–Kier alpha value is -2.19. The van der Waals surface area contributed by atoms with Crippen LogP contribution in [0, 0.1) is 17.3 Å². The lowest BCUT2D eigenvalue weighted by atomic mass is 9.65. The number of nitrogens with zero attached hydrogens (tertiary/aromatic N) is 3. The van der Waals surface area contributed by atoms with Gasteiger partial charge in [-0.1, -0.05) is 0 Å². The second-order valence-electron chi connectivity index (χ2n) is 9.08. The van der Waals surface area contributed by atoms with Crippen LogP contribution in [-0.4, -0.2) is 46.4 Å². The first-order valence-corrected chi connectivity index (χ1v) is 10.5. The third-order valence-electron chi connectivity index (χ3n) is 6.77. The van der Waals surface area contributed by atoms with Crippen molar-refractivity contribution in [3.8, 4) is 0 Å². The molecule has 2 aliphatic heterocycles. The van der Waals surface area contributed by atoms with Crippen LogP contribution in [0.4, 0.5) is 13.2 Å². The SMILES string of the molecule is O=C1C[C@H](CCC(=O)N2CC3(CCC(Cc4cnc(C(F)(F)F)cn4)CC3)C2)CO1. The maximum absolute atomic E-state index is 12.6. The number of alkyl halides is 3. The van der Waals surface area contributed by atoms with Gasteiger partial charge in [0, 0.05) is 37.0 Å². The Labute approximate surface area is 173 Å². The first kappa shape index (κ1) is 21.1. The van der Waals surface area contributed by atoms with Crippen LogP contribution in [0.5, 0.6) is 0 Å². The van der Waals surface area contributed by atoms with Crippen LogP contribution in [0.15, 0.2) is 12.4 Å². The molecular formula is C21H26F3N3O3. The molecule has 6 nitrogen and oxygen atoms in total. The summed E-state index contributed by atoms with van der Waals surface area (Å²) < 4.78 is 42.7. The second kappa shape index (κ2) is 8.15. The summed E-state index contributed by atoms with van der Waals surface area (Å²) in [6.45, 7) is 2.01. The minimum atomic E-state index is -4.46. The quantitative estimate of drug-likeness (QED) is 0.676. The zero-order chi connectivity index (χ0) is 21.4. The van der Waals surface area contributed by atoms with Crippen LogP contribution in [-0.2, 0) is 26.9 Å². The monoisotopic (exact) mass is 425 g/mol. The van der Waals surface area contributed by atoms with Crippen molar-refractivity contribution in [2.75, 3.05) is 19.7 Å². The van der Waals surface area contributed by atoms with Gasteiger partial charge in [0.25, 0.3) is 0 Å². The van der Waals surface area contributed by atoms with E-state index in [1.807, 2.05) is 4.90 Å². The van der Waals surface area contributed by atoms with Gasteiger partial charge in [-0.25, -0.2) is 4.98 Å². The van der Waals surface area contributed by atoms with Crippen molar-refractivity contribution in [3.63, 3.8) is 0 Å². The summed E-state index contributed by atoms with van der Waals surface area (Å²) >= 11 is 0. The van der Waals surface area contributed by atoms with Crippen molar-refractivity contribution >= 4 is 11.9 Å². The fourth-order valence-electron chi connectivity index (χ4n) is 4.89. The highest BCUT2D eigenvalue weighted by molar-refractivity contribution is 5.77. The number of aromatic nitrogens is 2. The number of halogens is 3. The topological polar surface area (TPSA) is 72.4 Å². The molecule has 1 aromatic rings. The van der Waals surface area contributed by atoms with Crippen molar-refractivity contribution in [1.29, 1.82) is 0 Å². The molecule has 30 heavy (non-hydrogen) atoms. The van der Waals surface area contributed by atoms with Gasteiger partial charge in [-0.3, -0.25) is 14.6 Å². The van der Waals surface area contributed by atoms with E-state index in [1.54, 1.807) is 0 Å². The van der Waals surface area contributed by atoms with Gasteiger partial charge in [-0.05, 0) is 44.4 Å². The van der Waals surface area contributed by atoms with E-state index in [1.165, 1.54) is 6.20 Å². The lowest BCUT2D eigenvalue weighted by Gasteiger charge is -2.53. The van der Waals surface area contributed by atoms with E-state index in [9.17, 15) is 22.8 Å². The summed E-state index contributed by atoms with van der Waals surface area (Å²) in [5.41, 5.74) is -0.159. The van der Waals surface area contributed by atoms with Crippen LogP contribution in [0.1, 0.15) is 56.3 Å². The van der Waals surface area contributed by atoms with E-state index < -0.39 is 11.9 Å². The van der Waals surface area contributed by atoms with Crippen molar-refractivity contribution < 1.29 is 27.5 Å². The molecule has 1 saturated carbocycles. The number of hydrogen-bond donors (Lipinski definition) is 0. The number of amides is 1. The van der Waals surface area contributed by atoms with Gasteiger partial charge in [-0.15, -0.1) is 0 Å². The molecule has 0 unspecified atom stereocenters. The molecule has 1 amide bonds. The largest absolute Gasteiger partial charge is 0.465 e. The predicted molar refractivity (Wildman–Crippen MR) is 100 cm³/mol. The Bertz CT molecular complexity index is 781. The smallest absolute Gasteiger partial charge is 0.434 e. The summed E-state index contributed by atoms with van der Waals surface area (Å²) in [5.74, 6) is 0.545. The van der Waals surface area contributed by atoms with Gasteiger partial charge in [0.15, 0.2) is 5.69 Å². The Morgan fingerprint density at radius 2 is 1.90 bits per heavy atom. The van der Waals surface area contributed by atoms with Gasteiger partial charge >= 0.3 is 12.1 Å². The highest BCUT2D eigenvalue weighted by Crippen LogP contribution is 2.46. The molecule has 1 atom stereocenters. The fraction of sp³-hybridized carbons (Fsp3) is 0.714. The molecule has 1 aliphatic carbocycles. The number of likely N-dealkylation sites (tertiary alicyclic amines) is 1. The number of carbonyl (C=O) groups excluding carboxylic acids is 2. The summed E-state index contributed by atoms with van der Waals surface area (Å²) in [5, 5.41) is 0. The maximum atomic E-state index is 12.6. The summed E-state index contributed by atoms with van der Waals surface area (Å²) in [7, 11) is 0. The second-order valence-corrected chi connectivity index (χ2v) is 9.08. The lowest BCUT2D eigenvalue weighted by Crippen LogP contribution is -2.59. The zero-order valence-corrected chi connectivity index (χ0v) is 16.8. The highest BCUT2D eigenvalue weighted by atomic mass is 19.4. The van der Waals surface area contributed by atoms with E-state index in [0.717, 1.165) is 45.0 Å². The average molecular weight is 425 g/mol. The molecule has 0 N–H and O–H groups in total. The summed E-state index contributed by atoms with van der Waals surface area (Å²) in [6.07, 6.45) is 3.85. The van der Waals surface area contributed by atoms with Crippen LogP contribution < -0.4 is 0 Å². The first-order chi connectivity index (χ1) is 14.2. The van der Waals surface area contributed by atoms with Gasteiger partial charge in [0.2, 0.25) is 5.91 Å². The number of cyclic esters (lactones) is 1. The molecule has 4 rings (SSSR count). The Balaban J connectivity index is 1.18. The predicted octanol–water partition coefficient (Wildman–Crippen LogP) is 3.40. The molecular weight excluding hydrogens is 399 g/mol. The van der Waals surface area contributed by atoms with Gasteiger partial charge < -0.3 is 9.64 Å². The summed E-state index contributed by atoms with van der Waals surface area (Å²) in [4.78, 5) is 32.9. The normalized spacial score (nSPS) is 24.0. The fourth-order valence-corrected chi connectivity index (χ4v) is 4.89. The number of esters is 1. The van der Waals surface area contributed by atoms with Crippen LogP contribution >= 0.6 is 0 Å². The third-order valence-corrected chi connectivity index (χ3v) is 6.77. The molecule has 0 radical (unpaired) electrons. The highest BCUT2D eigenvalue weighted by Gasteiger charge is 2.46. The maximum Gasteiger partial charge on any atom is 0.434 e. The number of rotatable bonds is 5. The minimum absolute atomic E-state index is 0.155. The van der Waals surface area contributed by atoms with Crippen LogP contribution in [0.25, 0.3) is 0 Å². The van der Waals surface area contributed by atoms with Gasteiger partial charge in [0.05, 0.1) is 24.9 Å². The lowest BCUT2D eigenvalue weighted by molar-refractivity contribution is -0.146. The van der Waals surface area contributed by atoms with Crippen molar-refractivity contribution in [1.82, 2.24) is 14.9 Å². The molecule has 0 bridgehead atoms. The molecule has 1 aromatic heterocycles. The van der Waals surface area contributed by atoms with E-state index in [4.69, 9.17) is 4.74 Å². The van der Waals surface area contributed by atoms with E-state index in [2.05, 4.69) is 9.97 Å². The van der Waals surface area contributed by atoms with E-state index in [-0.39, 0.29) is 23.2 Å². The number of hydrogen-bond acceptors (Lipinski definition) is 5. The number of carbonyl (C=O) groups is 2. The van der Waals surface area contributed by atoms with E-state index >= 15 is 0 Å². The van der Waals surface area contributed by atoms with Crippen molar-refractivity contribution in [2.45, 2.75) is 57.5 Å². The Morgan fingerprint density at radius 3 is 2.47 bits per heavy atom. The molecule has 3 fully saturated rings. The van der Waals surface area contributed by atoms with Crippen molar-refractivity contribution in [2.24, 2.45) is 17.3 Å². The van der Waals surface area contributed by atoms with Crippen molar-refractivity contribution in [3.05, 3.63) is 23.8 Å². The molecule has 164 valence electrons. The minimum Gasteiger partial charge on any atom is -0.465 e. The molecule has 9 heteroatoms. The van der Waals surface area contributed by atoms with Crippen LogP contribution in [0.2, 0.25) is 0 Å². The van der Waals surface area contributed by atoms with Gasteiger partial charge in [-0.2, -0.15) is 13.2 Å². The third kappa shape index (κ3) is 4.75. The zero-order valence-electron chi connectivity index (χ0n) is 16.8. The molecule has 0 aromatic carbocycles. The Morgan fingerprint density at radius 1 is 1.17 bits per heavy atom. The molecule has 3 heterocycles. The standard InChI is InChI=1S/C21H26F3N3O3/c22-21(23,24)17-10-25-16(9-26-17)7-14-3-5-20(6-4-14)12-27(13-20)18(28)2-1-15-8-19(29)30-11-15/h9-10,14-15H,1-8,11-13H2/t15-/m0/s1. The van der Waals surface area contributed by atoms with Crippen LogP contribution in [0.3, 0.4) is 0 Å². The van der Waals surface area contributed by atoms with E-state index in [0.29, 0.717) is 43.9 Å². The average Bonchev–Trinajstić information content (AvgIpc) is 3.10.